The van der Waals surface area contributed by atoms with E-state index in [1.165, 1.54) is 11.6 Å². The molecule has 3 aliphatic rings. The van der Waals surface area contributed by atoms with Crippen LogP contribution in [0.15, 0.2) is 29.9 Å². The predicted octanol–water partition coefficient (Wildman–Crippen LogP) is 4.35. The summed E-state index contributed by atoms with van der Waals surface area (Å²) >= 11 is 0. The van der Waals surface area contributed by atoms with Crippen LogP contribution < -0.4 is 14.2 Å². The zero-order valence-corrected chi connectivity index (χ0v) is 22.3. The van der Waals surface area contributed by atoms with E-state index >= 15 is 0 Å². The van der Waals surface area contributed by atoms with E-state index in [-0.39, 0.29) is 29.3 Å². The number of epoxide rings is 2. The van der Waals surface area contributed by atoms with Crippen molar-refractivity contribution in [2.45, 2.75) is 69.5 Å². The van der Waals surface area contributed by atoms with Crippen molar-refractivity contribution < 1.29 is 38.0 Å². The first-order valence-corrected chi connectivity index (χ1v) is 12.4. The molecule has 1 aromatic carbocycles. The van der Waals surface area contributed by atoms with Crippen LogP contribution in [-0.4, -0.2) is 70.5 Å². The molecule has 36 heavy (non-hydrogen) atoms. The lowest BCUT2D eigenvalue weighted by Gasteiger charge is -2.42. The van der Waals surface area contributed by atoms with E-state index in [9.17, 15) is 4.79 Å². The van der Waals surface area contributed by atoms with Crippen LogP contribution in [0.1, 0.15) is 45.6 Å². The third-order valence-corrected chi connectivity index (χ3v) is 7.60. The van der Waals surface area contributed by atoms with Crippen LogP contribution >= 0.6 is 0 Å². The van der Waals surface area contributed by atoms with Crippen LogP contribution in [0.4, 0.5) is 0 Å². The summed E-state index contributed by atoms with van der Waals surface area (Å²) in [6, 6.07) is 3.54. The topological polar surface area (TPSA) is 88.3 Å². The van der Waals surface area contributed by atoms with E-state index in [1.54, 1.807) is 46.6 Å². The second-order valence-corrected chi connectivity index (χ2v) is 10.1. The molecule has 0 N–H and O–H groups in total. The summed E-state index contributed by atoms with van der Waals surface area (Å²) in [4.78, 5) is 12.8. The molecule has 1 saturated carbocycles. The highest BCUT2D eigenvalue weighted by Crippen LogP contribution is 2.59. The first kappa shape index (κ1) is 26.5. The van der Waals surface area contributed by atoms with Gasteiger partial charge in [-0.1, -0.05) is 11.6 Å². The lowest BCUT2D eigenvalue weighted by Crippen LogP contribution is -2.55. The lowest BCUT2D eigenvalue weighted by atomic mass is 9.68. The molecule has 1 aromatic rings. The quantitative estimate of drug-likeness (QED) is 0.202. The van der Waals surface area contributed by atoms with Crippen molar-refractivity contribution in [3.05, 3.63) is 35.4 Å². The van der Waals surface area contributed by atoms with Gasteiger partial charge in [-0.3, -0.25) is 0 Å². The normalized spacial score (nSPS) is 32.8. The Bertz CT molecular complexity index is 997. The highest BCUT2D eigenvalue weighted by molar-refractivity contribution is 5.87. The number of hydrogen-bond acceptors (Lipinski definition) is 8. The Labute approximate surface area is 213 Å². The molecule has 6 atom stereocenters. The van der Waals surface area contributed by atoms with Gasteiger partial charge in [0, 0.05) is 13.2 Å². The SMILES string of the molecule is COc1cc(/C=C/C(=O)O[C@@H]2CC[C@]3(CO3)[C@@H](C3(C)O[C@H]3CC=C(C)C)[C@@H]2OC)cc(OC)c1OC. The zero-order chi connectivity index (χ0) is 26.1. The highest BCUT2D eigenvalue weighted by Gasteiger charge is 2.72. The van der Waals surface area contributed by atoms with Crippen LogP contribution in [0.25, 0.3) is 6.08 Å². The van der Waals surface area contributed by atoms with Crippen LogP contribution in [-0.2, 0) is 23.7 Å². The molecule has 198 valence electrons. The fraction of sp³-hybridized carbons (Fsp3) is 0.607. The standard InChI is InChI=1S/C28H38O8/c1-17(2)8-10-22-27(3,36-22)26-25(33-7)19(12-13-28(26)16-34-28)35-23(29)11-9-18-14-20(30-4)24(32-6)21(15-18)31-5/h8-9,11,14-15,19,22,25-26H,10,12-13,16H2,1-7H3/b11-9+/t19-,22+,25-,26-,27?,28+/m1/s1. The van der Waals surface area contributed by atoms with Gasteiger partial charge in [0.1, 0.15) is 23.4 Å². The summed E-state index contributed by atoms with van der Waals surface area (Å²) < 4.78 is 40.2. The Balaban J connectivity index is 1.47. The van der Waals surface area contributed by atoms with Crippen molar-refractivity contribution >= 4 is 12.0 Å². The molecule has 4 rings (SSSR count). The number of hydrogen-bond donors (Lipinski definition) is 0. The number of rotatable bonds is 10. The summed E-state index contributed by atoms with van der Waals surface area (Å²) in [6.45, 7) is 6.99. The molecule has 1 spiro atoms. The second kappa shape index (κ2) is 10.4. The molecule has 0 amide bonds. The molecule has 0 radical (unpaired) electrons. The number of methoxy groups -OCH3 is 4. The van der Waals surface area contributed by atoms with Gasteiger partial charge in [-0.2, -0.15) is 0 Å². The minimum atomic E-state index is -0.440. The van der Waals surface area contributed by atoms with Crippen LogP contribution in [0, 0.1) is 5.92 Å². The number of allylic oxidation sites excluding steroid dienone is 1. The van der Waals surface area contributed by atoms with Crippen molar-refractivity contribution in [1.82, 2.24) is 0 Å². The van der Waals surface area contributed by atoms with E-state index in [2.05, 4.69) is 26.8 Å². The van der Waals surface area contributed by atoms with Gasteiger partial charge in [-0.25, -0.2) is 4.79 Å². The largest absolute Gasteiger partial charge is 0.493 e. The fourth-order valence-corrected chi connectivity index (χ4v) is 5.62. The maximum Gasteiger partial charge on any atom is 0.331 e. The van der Waals surface area contributed by atoms with Gasteiger partial charge in [0.25, 0.3) is 0 Å². The van der Waals surface area contributed by atoms with Gasteiger partial charge in [-0.15, -0.1) is 0 Å². The molecular formula is C28H38O8. The number of ether oxygens (including phenoxy) is 7. The van der Waals surface area contributed by atoms with Gasteiger partial charge in [-0.05, 0) is 63.8 Å². The van der Waals surface area contributed by atoms with E-state index in [1.807, 2.05) is 0 Å². The van der Waals surface area contributed by atoms with Crippen molar-refractivity contribution in [1.29, 1.82) is 0 Å². The molecule has 8 nitrogen and oxygen atoms in total. The van der Waals surface area contributed by atoms with Gasteiger partial charge < -0.3 is 33.2 Å². The Kier molecular flexibility index (Phi) is 7.69. The maximum absolute atomic E-state index is 12.8. The third kappa shape index (κ3) is 5.12. The van der Waals surface area contributed by atoms with Crippen molar-refractivity contribution in [3.63, 3.8) is 0 Å². The first-order valence-electron chi connectivity index (χ1n) is 12.4. The average molecular weight is 503 g/mol. The molecule has 2 aliphatic heterocycles. The third-order valence-electron chi connectivity index (χ3n) is 7.60. The average Bonchev–Trinajstić information content (AvgIpc) is 3.78. The van der Waals surface area contributed by atoms with Gasteiger partial charge in [0.05, 0.1) is 40.0 Å². The van der Waals surface area contributed by atoms with Gasteiger partial charge in [0.2, 0.25) is 5.75 Å². The number of esters is 1. The fourth-order valence-electron chi connectivity index (χ4n) is 5.62. The van der Waals surface area contributed by atoms with E-state index in [4.69, 9.17) is 33.2 Å². The van der Waals surface area contributed by atoms with E-state index in [0.29, 0.717) is 30.3 Å². The zero-order valence-electron chi connectivity index (χ0n) is 22.3. The molecule has 2 saturated heterocycles. The van der Waals surface area contributed by atoms with E-state index in [0.717, 1.165) is 18.4 Å². The lowest BCUT2D eigenvalue weighted by molar-refractivity contribution is -0.166. The first-order chi connectivity index (χ1) is 17.2. The van der Waals surface area contributed by atoms with Crippen LogP contribution in [0.5, 0.6) is 17.2 Å². The number of benzene rings is 1. The second-order valence-electron chi connectivity index (χ2n) is 10.1. The molecule has 3 fully saturated rings. The predicted molar refractivity (Wildman–Crippen MR) is 135 cm³/mol. The number of carbonyl (C=O) groups excluding carboxylic acids is 1. The maximum atomic E-state index is 12.8. The van der Waals surface area contributed by atoms with Crippen molar-refractivity contribution in [2.75, 3.05) is 35.0 Å². The molecule has 1 unspecified atom stereocenters. The van der Waals surface area contributed by atoms with Gasteiger partial charge >= 0.3 is 5.97 Å². The number of carbonyl (C=O) groups is 1. The monoisotopic (exact) mass is 502 g/mol. The summed E-state index contributed by atoms with van der Waals surface area (Å²) in [5.74, 6) is 1.05. The molecule has 8 heteroatoms. The summed E-state index contributed by atoms with van der Waals surface area (Å²) in [5.41, 5.74) is 1.35. The Morgan fingerprint density at radius 2 is 1.78 bits per heavy atom. The molecule has 0 aromatic heterocycles. The smallest absolute Gasteiger partial charge is 0.331 e. The molecular weight excluding hydrogens is 464 g/mol. The summed E-state index contributed by atoms with van der Waals surface area (Å²) in [7, 11) is 6.31. The molecule has 0 bridgehead atoms. The summed E-state index contributed by atoms with van der Waals surface area (Å²) in [6.07, 6.45) is 7.00. The highest BCUT2D eigenvalue weighted by atomic mass is 16.6. The minimum absolute atomic E-state index is 0.0174. The minimum Gasteiger partial charge on any atom is -0.493 e. The Morgan fingerprint density at radius 1 is 1.11 bits per heavy atom. The van der Waals surface area contributed by atoms with Crippen LogP contribution in [0.2, 0.25) is 0 Å². The van der Waals surface area contributed by atoms with Gasteiger partial charge in [0.15, 0.2) is 11.5 Å². The molecule has 1 aliphatic carbocycles. The molecule has 2 heterocycles. The van der Waals surface area contributed by atoms with Crippen LogP contribution in [0.3, 0.4) is 0 Å². The van der Waals surface area contributed by atoms with E-state index < -0.39 is 12.1 Å². The summed E-state index contributed by atoms with van der Waals surface area (Å²) in [5, 5.41) is 0. The Morgan fingerprint density at radius 3 is 2.31 bits per heavy atom. The van der Waals surface area contributed by atoms with Crippen molar-refractivity contribution in [2.24, 2.45) is 5.92 Å². The Hall–Kier alpha value is -2.55. The van der Waals surface area contributed by atoms with Crippen molar-refractivity contribution in [3.8, 4) is 17.2 Å².